The first kappa shape index (κ1) is 26.5. The molecule has 0 bridgehead atoms. The van der Waals surface area contributed by atoms with E-state index in [1.54, 1.807) is 24.3 Å². The van der Waals surface area contributed by atoms with E-state index >= 15 is 0 Å². The lowest BCUT2D eigenvalue weighted by molar-refractivity contribution is -0.178. The van der Waals surface area contributed by atoms with Gasteiger partial charge in [-0.25, -0.2) is 9.59 Å². The molecular formula is C30H31N3O6. The topological polar surface area (TPSA) is 124 Å². The summed E-state index contributed by atoms with van der Waals surface area (Å²) in [5, 5.41) is 10.2. The van der Waals surface area contributed by atoms with Crippen LogP contribution in [0.4, 0.5) is 5.69 Å². The zero-order chi connectivity index (χ0) is 27.6. The van der Waals surface area contributed by atoms with Crippen LogP contribution in [0.1, 0.15) is 48.6 Å². The highest BCUT2D eigenvalue weighted by Gasteiger charge is 2.43. The number of hydrogen-bond acceptors (Lipinski definition) is 9. The molecule has 0 radical (unpaired) electrons. The van der Waals surface area contributed by atoms with E-state index in [9.17, 15) is 14.9 Å². The largest absolute Gasteiger partial charge is 0.466 e. The van der Waals surface area contributed by atoms with Crippen molar-refractivity contribution in [3.63, 3.8) is 0 Å². The summed E-state index contributed by atoms with van der Waals surface area (Å²) in [4.78, 5) is 27.8. The lowest BCUT2D eigenvalue weighted by atomic mass is 9.80. The van der Waals surface area contributed by atoms with Crippen LogP contribution >= 0.6 is 0 Å². The molecule has 1 unspecified atom stereocenters. The van der Waals surface area contributed by atoms with Crippen molar-refractivity contribution in [2.45, 2.75) is 43.3 Å². The summed E-state index contributed by atoms with van der Waals surface area (Å²) in [6.07, 6.45) is 3.54. The molecular weight excluding hydrogens is 498 g/mol. The van der Waals surface area contributed by atoms with Crippen LogP contribution in [0.25, 0.3) is 0 Å². The number of ether oxygens (including phenoxy) is 4. The Balaban J connectivity index is 1.55. The Bertz CT molecular complexity index is 1340. The molecule has 2 aliphatic heterocycles. The maximum absolute atomic E-state index is 13.2. The highest BCUT2D eigenvalue weighted by molar-refractivity contribution is 6.06. The summed E-state index contributed by atoms with van der Waals surface area (Å²) in [7, 11) is 2.46. The number of methoxy groups -OCH3 is 2. The average molecular weight is 530 g/mol. The van der Waals surface area contributed by atoms with Crippen molar-refractivity contribution in [3.8, 4) is 6.07 Å². The third kappa shape index (κ3) is 4.78. The molecule has 5 rings (SSSR count). The smallest absolute Gasteiger partial charge is 0.355 e. The molecule has 2 aromatic carbocycles. The molecule has 0 amide bonds. The van der Waals surface area contributed by atoms with Gasteiger partial charge in [-0.3, -0.25) is 4.90 Å². The minimum atomic E-state index is -0.900. The Kier molecular flexibility index (Phi) is 7.42. The van der Waals surface area contributed by atoms with Gasteiger partial charge in [0.1, 0.15) is 11.5 Å². The van der Waals surface area contributed by atoms with Gasteiger partial charge in [0.05, 0.1) is 50.6 Å². The third-order valence-electron chi connectivity index (χ3n) is 7.79. The van der Waals surface area contributed by atoms with Crippen LogP contribution in [0.2, 0.25) is 0 Å². The second-order valence-electron chi connectivity index (χ2n) is 9.81. The normalized spacial score (nSPS) is 21.2. The summed E-state index contributed by atoms with van der Waals surface area (Å²) in [6.45, 7) is 1.28. The number of carbonyl (C=O) groups excluding carboxylic acids is 2. The second kappa shape index (κ2) is 10.9. The van der Waals surface area contributed by atoms with Gasteiger partial charge in [-0.2, -0.15) is 5.26 Å². The highest BCUT2D eigenvalue weighted by Crippen LogP contribution is 2.45. The van der Waals surface area contributed by atoms with E-state index in [1.807, 2.05) is 30.3 Å². The zero-order valence-corrected chi connectivity index (χ0v) is 22.0. The molecule has 202 valence electrons. The molecule has 39 heavy (non-hydrogen) atoms. The van der Waals surface area contributed by atoms with E-state index in [1.165, 1.54) is 19.1 Å². The Labute approximate surface area is 227 Å². The van der Waals surface area contributed by atoms with Gasteiger partial charge in [0.2, 0.25) is 0 Å². The van der Waals surface area contributed by atoms with Gasteiger partial charge in [0.15, 0.2) is 5.79 Å². The number of anilines is 1. The summed E-state index contributed by atoms with van der Waals surface area (Å²) < 4.78 is 21.9. The molecule has 9 nitrogen and oxygen atoms in total. The van der Waals surface area contributed by atoms with Crippen molar-refractivity contribution in [1.29, 1.82) is 5.26 Å². The lowest BCUT2D eigenvalue weighted by Crippen LogP contribution is -2.40. The lowest BCUT2D eigenvalue weighted by Gasteiger charge is -2.37. The van der Waals surface area contributed by atoms with Gasteiger partial charge in [-0.1, -0.05) is 42.5 Å². The van der Waals surface area contributed by atoms with E-state index < -0.39 is 23.6 Å². The van der Waals surface area contributed by atoms with Crippen molar-refractivity contribution >= 4 is 17.6 Å². The van der Waals surface area contributed by atoms with Crippen molar-refractivity contribution in [2.24, 2.45) is 5.73 Å². The number of rotatable bonds is 5. The summed E-state index contributed by atoms with van der Waals surface area (Å²) >= 11 is 0. The maximum atomic E-state index is 13.2. The van der Waals surface area contributed by atoms with E-state index in [-0.39, 0.29) is 22.7 Å². The molecule has 1 atom stereocenters. The molecule has 1 saturated carbocycles. The van der Waals surface area contributed by atoms with Crippen LogP contribution in [0, 0.1) is 11.3 Å². The molecule has 1 aliphatic carbocycles. The van der Waals surface area contributed by atoms with Crippen LogP contribution in [0.5, 0.6) is 0 Å². The fourth-order valence-electron chi connectivity index (χ4n) is 5.85. The first-order valence-corrected chi connectivity index (χ1v) is 13.0. The van der Waals surface area contributed by atoms with Crippen molar-refractivity contribution < 1.29 is 28.5 Å². The van der Waals surface area contributed by atoms with E-state index in [4.69, 9.17) is 24.7 Å². The van der Waals surface area contributed by atoms with Gasteiger partial charge in [0, 0.05) is 18.5 Å². The van der Waals surface area contributed by atoms with Crippen LogP contribution in [-0.2, 0) is 28.5 Å². The molecule has 1 spiro atoms. The molecule has 2 fully saturated rings. The van der Waals surface area contributed by atoms with E-state index in [0.29, 0.717) is 30.4 Å². The Morgan fingerprint density at radius 2 is 1.56 bits per heavy atom. The minimum absolute atomic E-state index is 0.0143. The number of nitrogens with two attached hydrogens (primary N) is 1. The number of esters is 2. The third-order valence-corrected chi connectivity index (χ3v) is 7.79. The van der Waals surface area contributed by atoms with Crippen molar-refractivity contribution in [1.82, 2.24) is 0 Å². The number of allylic oxidation sites excluding steroid dienone is 1. The van der Waals surface area contributed by atoms with Gasteiger partial charge in [-0.15, -0.1) is 0 Å². The highest BCUT2D eigenvalue weighted by atomic mass is 16.7. The van der Waals surface area contributed by atoms with Crippen molar-refractivity contribution in [3.05, 3.63) is 88.4 Å². The first-order valence-electron chi connectivity index (χ1n) is 13.0. The SMILES string of the molecule is COC(=O)C1=C(C(=O)OC)N(c2ccc(C3CCC4(CC3)OCCO4)cc2)C(N)=C(C#N)C1c1ccccc1. The standard InChI is InChI=1S/C30H31N3O6/c1-36-28(34)25-24(21-6-4-3-5-7-21)23(18-31)27(32)33(26(25)29(35)37-2)22-10-8-19(9-11-22)20-12-14-30(15-13-20)38-16-17-39-30/h3-11,20,24H,12-17,32H2,1-2H3. The quantitative estimate of drug-likeness (QED) is 0.573. The van der Waals surface area contributed by atoms with Gasteiger partial charge in [-0.05, 0) is 42.0 Å². The molecule has 2 heterocycles. The fourth-order valence-corrected chi connectivity index (χ4v) is 5.85. The van der Waals surface area contributed by atoms with Crippen LogP contribution in [-0.4, -0.2) is 45.2 Å². The predicted octanol–water partition coefficient (Wildman–Crippen LogP) is 3.99. The van der Waals surface area contributed by atoms with Crippen LogP contribution in [0.3, 0.4) is 0 Å². The van der Waals surface area contributed by atoms with Gasteiger partial charge >= 0.3 is 11.9 Å². The van der Waals surface area contributed by atoms with Crippen LogP contribution in [0.15, 0.2) is 77.3 Å². The molecule has 2 N–H and O–H groups in total. The number of carbonyl (C=O) groups is 2. The molecule has 0 aromatic heterocycles. The van der Waals surface area contributed by atoms with E-state index in [2.05, 4.69) is 6.07 Å². The van der Waals surface area contributed by atoms with Gasteiger partial charge in [0.25, 0.3) is 0 Å². The minimum Gasteiger partial charge on any atom is -0.466 e. The average Bonchev–Trinajstić information content (AvgIpc) is 3.44. The Hall–Kier alpha value is -4.13. The zero-order valence-electron chi connectivity index (χ0n) is 22.0. The Morgan fingerprint density at radius 3 is 2.13 bits per heavy atom. The summed E-state index contributed by atoms with van der Waals surface area (Å²) in [6, 6.07) is 18.8. The van der Waals surface area contributed by atoms with Gasteiger partial charge < -0.3 is 24.7 Å². The molecule has 2 aromatic rings. The first-order chi connectivity index (χ1) is 18.9. The predicted molar refractivity (Wildman–Crippen MR) is 142 cm³/mol. The van der Waals surface area contributed by atoms with Crippen molar-refractivity contribution in [2.75, 3.05) is 32.3 Å². The maximum Gasteiger partial charge on any atom is 0.355 e. The van der Waals surface area contributed by atoms with Crippen LogP contribution < -0.4 is 10.6 Å². The number of nitrogens with zero attached hydrogens (tertiary/aromatic N) is 2. The Morgan fingerprint density at radius 1 is 0.949 bits per heavy atom. The molecule has 3 aliphatic rings. The molecule has 9 heteroatoms. The molecule has 1 saturated heterocycles. The number of nitriles is 1. The second-order valence-corrected chi connectivity index (χ2v) is 9.81. The van der Waals surface area contributed by atoms with E-state index in [0.717, 1.165) is 31.2 Å². The summed E-state index contributed by atoms with van der Waals surface area (Å²) in [5.41, 5.74) is 8.91. The summed E-state index contributed by atoms with van der Waals surface area (Å²) in [5.74, 6) is -2.47. The number of hydrogen-bond donors (Lipinski definition) is 1. The monoisotopic (exact) mass is 529 g/mol. The fraction of sp³-hybridized carbons (Fsp3) is 0.367. The number of benzene rings is 2.